The summed E-state index contributed by atoms with van der Waals surface area (Å²) in [5.41, 5.74) is 2.01. The summed E-state index contributed by atoms with van der Waals surface area (Å²) in [4.78, 5) is 32.9. The highest BCUT2D eigenvalue weighted by atomic mass is 35.5. The normalized spacial score (nSPS) is 14.1. The first kappa shape index (κ1) is 18.5. The fraction of sp³-hybridized carbons (Fsp3) is 0.0455. The third-order valence-corrected chi connectivity index (χ3v) is 5.65. The van der Waals surface area contributed by atoms with Crippen molar-refractivity contribution in [2.75, 3.05) is 0 Å². The summed E-state index contributed by atoms with van der Waals surface area (Å²) in [7, 11) is 0. The largest absolute Gasteiger partial charge is 0.269 e. The molecule has 4 nitrogen and oxygen atoms in total. The molecule has 2 heterocycles. The molecule has 1 aromatic heterocycles. The van der Waals surface area contributed by atoms with E-state index < -0.39 is 0 Å². The van der Waals surface area contributed by atoms with Crippen molar-refractivity contribution in [3.63, 3.8) is 0 Å². The molecule has 138 valence electrons. The molecule has 0 N–H and O–H groups in total. The van der Waals surface area contributed by atoms with Gasteiger partial charge in [-0.25, -0.2) is 0 Å². The standard InChI is InChI=1S/C22H15ClN2O2S/c23-17-6-8-18(9-7-17)28-20-19(16-4-2-1-3-5-16)21(26)25(22(20)27)14-15-10-12-24-13-11-15/h1-13H,14H2. The number of thioether (sulfide) groups is 1. The number of amides is 2. The van der Waals surface area contributed by atoms with Crippen molar-refractivity contribution in [1.82, 2.24) is 9.88 Å². The number of pyridine rings is 1. The van der Waals surface area contributed by atoms with Crippen LogP contribution in [0.4, 0.5) is 0 Å². The predicted molar refractivity (Wildman–Crippen MR) is 110 cm³/mol. The van der Waals surface area contributed by atoms with Crippen LogP contribution in [-0.4, -0.2) is 21.7 Å². The number of carbonyl (C=O) groups excluding carboxylic acids is 2. The third kappa shape index (κ3) is 3.72. The predicted octanol–water partition coefficient (Wildman–Crippen LogP) is 4.81. The average Bonchev–Trinajstić information content (AvgIpc) is 2.95. The Hall–Kier alpha value is -2.89. The van der Waals surface area contributed by atoms with Crippen molar-refractivity contribution < 1.29 is 9.59 Å². The molecule has 2 amide bonds. The molecule has 0 spiro atoms. The summed E-state index contributed by atoms with van der Waals surface area (Å²) in [5, 5.41) is 0.620. The molecular formula is C22H15ClN2O2S. The zero-order chi connectivity index (χ0) is 19.5. The Bertz CT molecular complexity index is 1050. The lowest BCUT2D eigenvalue weighted by Crippen LogP contribution is -2.30. The molecular weight excluding hydrogens is 392 g/mol. The number of halogens is 1. The number of nitrogens with zero attached hydrogens (tertiary/aromatic N) is 2. The molecule has 0 radical (unpaired) electrons. The molecule has 0 saturated heterocycles. The van der Waals surface area contributed by atoms with Crippen LogP contribution in [0.1, 0.15) is 11.1 Å². The van der Waals surface area contributed by atoms with E-state index in [9.17, 15) is 9.59 Å². The zero-order valence-corrected chi connectivity index (χ0v) is 16.3. The van der Waals surface area contributed by atoms with Gasteiger partial charge < -0.3 is 0 Å². The topological polar surface area (TPSA) is 50.3 Å². The van der Waals surface area contributed by atoms with Crippen LogP contribution in [0.15, 0.2) is 88.9 Å². The van der Waals surface area contributed by atoms with Crippen molar-refractivity contribution in [1.29, 1.82) is 0 Å². The minimum Gasteiger partial charge on any atom is -0.269 e. The van der Waals surface area contributed by atoms with Crippen molar-refractivity contribution >= 4 is 40.8 Å². The van der Waals surface area contributed by atoms with Gasteiger partial charge >= 0.3 is 0 Å². The fourth-order valence-electron chi connectivity index (χ4n) is 2.94. The number of carbonyl (C=O) groups is 2. The Labute approximate surface area is 171 Å². The molecule has 1 aliphatic rings. The van der Waals surface area contributed by atoms with E-state index in [1.54, 1.807) is 36.7 Å². The summed E-state index contributed by atoms with van der Waals surface area (Å²) < 4.78 is 0. The van der Waals surface area contributed by atoms with E-state index in [0.717, 1.165) is 16.0 Å². The van der Waals surface area contributed by atoms with E-state index in [1.807, 2.05) is 42.5 Å². The number of hydrogen-bond donors (Lipinski definition) is 0. The lowest BCUT2D eigenvalue weighted by atomic mass is 10.1. The molecule has 4 rings (SSSR count). The number of hydrogen-bond acceptors (Lipinski definition) is 4. The van der Waals surface area contributed by atoms with E-state index in [2.05, 4.69) is 4.98 Å². The number of imide groups is 1. The molecule has 0 atom stereocenters. The molecule has 0 fully saturated rings. The van der Waals surface area contributed by atoms with Gasteiger partial charge in [-0.15, -0.1) is 0 Å². The molecule has 2 aromatic carbocycles. The highest BCUT2D eigenvalue weighted by Crippen LogP contribution is 2.40. The quantitative estimate of drug-likeness (QED) is 0.571. The number of rotatable bonds is 5. The smallest absolute Gasteiger partial charge is 0.268 e. The van der Waals surface area contributed by atoms with Gasteiger partial charge in [-0.1, -0.05) is 53.7 Å². The monoisotopic (exact) mass is 406 g/mol. The Balaban J connectivity index is 1.73. The van der Waals surface area contributed by atoms with Crippen LogP contribution >= 0.6 is 23.4 Å². The minimum atomic E-state index is -0.291. The lowest BCUT2D eigenvalue weighted by Gasteiger charge is -2.15. The summed E-state index contributed by atoms with van der Waals surface area (Å²) >= 11 is 7.25. The van der Waals surface area contributed by atoms with Crippen LogP contribution in [0, 0.1) is 0 Å². The van der Waals surface area contributed by atoms with Gasteiger partial charge in [0.25, 0.3) is 11.8 Å². The molecule has 6 heteroatoms. The maximum atomic E-state index is 13.2. The van der Waals surface area contributed by atoms with Gasteiger partial charge in [-0.3, -0.25) is 19.5 Å². The molecule has 1 aliphatic heterocycles. The van der Waals surface area contributed by atoms with Crippen LogP contribution in [0.5, 0.6) is 0 Å². The zero-order valence-electron chi connectivity index (χ0n) is 14.7. The summed E-state index contributed by atoms with van der Waals surface area (Å²) in [6.07, 6.45) is 3.30. The average molecular weight is 407 g/mol. The van der Waals surface area contributed by atoms with Crippen LogP contribution in [0.3, 0.4) is 0 Å². The number of benzene rings is 2. The molecule has 0 unspecified atom stereocenters. The van der Waals surface area contributed by atoms with Crippen molar-refractivity contribution in [3.8, 4) is 0 Å². The Morgan fingerprint density at radius 2 is 1.54 bits per heavy atom. The first-order chi connectivity index (χ1) is 13.6. The molecule has 0 bridgehead atoms. The van der Waals surface area contributed by atoms with Crippen LogP contribution < -0.4 is 0 Å². The summed E-state index contributed by atoms with van der Waals surface area (Å²) in [6, 6.07) is 20.1. The Morgan fingerprint density at radius 3 is 2.21 bits per heavy atom. The first-order valence-corrected chi connectivity index (χ1v) is 9.81. The van der Waals surface area contributed by atoms with Crippen LogP contribution in [0.2, 0.25) is 5.02 Å². The Morgan fingerprint density at radius 1 is 0.857 bits per heavy atom. The maximum Gasteiger partial charge on any atom is 0.268 e. The van der Waals surface area contributed by atoms with Crippen molar-refractivity contribution in [2.45, 2.75) is 11.4 Å². The van der Waals surface area contributed by atoms with E-state index in [-0.39, 0.29) is 18.4 Å². The highest BCUT2D eigenvalue weighted by Gasteiger charge is 2.39. The van der Waals surface area contributed by atoms with Gasteiger partial charge in [-0.05, 0) is 47.5 Å². The SMILES string of the molecule is O=C1C(Sc2ccc(Cl)cc2)=C(c2ccccc2)C(=O)N1Cc1ccncc1. The van der Waals surface area contributed by atoms with Gasteiger partial charge in [0.1, 0.15) is 0 Å². The van der Waals surface area contributed by atoms with Crippen LogP contribution in [-0.2, 0) is 16.1 Å². The minimum absolute atomic E-state index is 0.210. The summed E-state index contributed by atoms with van der Waals surface area (Å²) in [5.74, 6) is -0.579. The second-order valence-electron chi connectivity index (χ2n) is 6.18. The van der Waals surface area contributed by atoms with Gasteiger partial charge in [0.2, 0.25) is 0 Å². The number of aromatic nitrogens is 1. The maximum absolute atomic E-state index is 13.2. The van der Waals surface area contributed by atoms with Gasteiger partial charge in [0.05, 0.1) is 17.0 Å². The van der Waals surface area contributed by atoms with Gasteiger partial charge in [0, 0.05) is 22.3 Å². The van der Waals surface area contributed by atoms with E-state index in [1.165, 1.54) is 16.7 Å². The first-order valence-electron chi connectivity index (χ1n) is 8.61. The Kier molecular flexibility index (Phi) is 5.28. The van der Waals surface area contributed by atoms with Crippen LogP contribution in [0.25, 0.3) is 5.57 Å². The van der Waals surface area contributed by atoms with E-state index in [4.69, 9.17) is 11.6 Å². The summed E-state index contributed by atoms with van der Waals surface area (Å²) in [6.45, 7) is 0.210. The highest BCUT2D eigenvalue weighted by molar-refractivity contribution is 8.04. The lowest BCUT2D eigenvalue weighted by molar-refractivity contribution is -0.137. The second-order valence-corrected chi connectivity index (χ2v) is 7.70. The second kappa shape index (κ2) is 8.00. The van der Waals surface area contributed by atoms with Gasteiger partial charge in [-0.2, -0.15) is 0 Å². The molecule has 0 saturated carbocycles. The fourth-order valence-corrected chi connectivity index (χ4v) is 4.08. The third-order valence-electron chi connectivity index (χ3n) is 4.31. The van der Waals surface area contributed by atoms with Crippen molar-refractivity contribution in [2.24, 2.45) is 0 Å². The van der Waals surface area contributed by atoms with E-state index in [0.29, 0.717) is 15.5 Å². The van der Waals surface area contributed by atoms with E-state index >= 15 is 0 Å². The molecule has 3 aromatic rings. The van der Waals surface area contributed by atoms with Gasteiger partial charge in [0.15, 0.2) is 0 Å². The molecule has 28 heavy (non-hydrogen) atoms. The molecule has 0 aliphatic carbocycles. The van der Waals surface area contributed by atoms with Crippen molar-refractivity contribution in [3.05, 3.63) is 100 Å².